The van der Waals surface area contributed by atoms with E-state index in [-0.39, 0.29) is 5.41 Å². The Labute approximate surface area is 121 Å². The maximum atomic E-state index is 5.53. The molecule has 1 atom stereocenters. The van der Waals surface area contributed by atoms with Gasteiger partial charge in [0, 0.05) is 19.6 Å². The zero-order valence-electron chi connectivity index (χ0n) is 14.1. The Morgan fingerprint density at radius 3 is 1.89 bits per heavy atom. The van der Waals surface area contributed by atoms with Gasteiger partial charge in [-0.05, 0) is 24.7 Å². The summed E-state index contributed by atoms with van der Waals surface area (Å²) in [6.07, 6.45) is 7.69. The Bertz CT molecular complexity index is 195. The van der Waals surface area contributed by atoms with Gasteiger partial charge < -0.3 is 9.47 Å². The Hall–Kier alpha value is -0.0800. The van der Waals surface area contributed by atoms with E-state index in [0.717, 1.165) is 19.1 Å². The van der Waals surface area contributed by atoms with Crippen molar-refractivity contribution in [2.24, 2.45) is 17.3 Å². The zero-order valence-corrected chi connectivity index (χ0v) is 14.1. The van der Waals surface area contributed by atoms with E-state index in [1.807, 2.05) is 14.2 Å². The largest absolute Gasteiger partial charge is 0.384 e. The van der Waals surface area contributed by atoms with E-state index in [1.54, 1.807) is 0 Å². The lowest BCUT2D eigenvalue weighted by molar-refractivity contribution is -0.0203. The molecule has 0 aromatic rings. The van der Waals surface area contributed by atoms with E-state index >= 15 is 0 Å². The molecule has 2 heteroatoms. The van der Waals surface area contributed by atoms with Crippen LogP contribution in [0.2, 0.25) is 0 Å². The third-order valence-corrected chi connectivity index (χ3v) is 4.01. The molecule has 2 nitrogen and oxygen atoms in total. The minimum absolute atomic E-state index is 0.200. The first kappa shape index (κ1) is 18.9. The second-order valence-electron chi connectivity index (χ2n) is 6.58. The van der Waals surface area contributed by atoms with Gasteiger partial charge in [0.2, 0.25) is 0 Å². The van der Waals surface area contributed by atoms with E-state index in [2.05, 4.69) is 27.7 Å². The molecular formula is C17H36O2. The van der Waals surface area contributed by atoms with Gasteiger partial charge in [0.1, 0.15) is 0 Å². The highest BCUT2D eigenvalue weighted by atomic mass is 16.5. The van der Waals surface area contributed by atoms with Crippen LogP contribution in [0.4, 0.5) is 0 Å². The molecule has 0 aliphatic rings. The topological polar surface area (TPSA) is 18.5 Å². The van der Waals surface area contributed by atoms with E-state index in [9.17, 15) is 0 Å². The van der Waals surface area contributed by atoms with E-state index in [4.69, 9.17) is 9.47 Å². The molecule has 1 unspecified atom stereocenters. The molecule has 0 saturated heterocycles. The lowest BCUT2D eigenvalue weighted by atomic mass is 9.73. The van der Waals surface area contributed by atoms with Gasteiger partial charge in [0.05, 0.1) is 13.2 Å². The SMILES string of the molecule is CCCCC(CC)CC(COC)(COC)CC(C)C. The average molecular weight is 272 g/mol. The molecule has 0 aromatic carbocycles. The molecule has 0 saturated carbocycles. The predicted octanol–water partition coefficient (Wildman–Crippen LogP) is 4.92. The van der Waals surface area contributed by atoms with Crippen LogP contribution in [0.3, 0.4) is 0 Å². The number of unbranched alkanes of at least 4 members (excludes halogenated alkanes) is 1. The molecule has 0 fully saturated rings. The number of methoxy groups -OCH3 is 2. The maximum Gasteiger partial charge on any atom is 0.0540 e. The Morgan fingerprint density at radius 1 is 0.947 bits per heavy atom. The van der Waals surface area contributed by atoms with Crippen molar-refractivity contribution in [3.63, 3.8) is 0 Å². The fourth-order valence-electron chi connectivity index (χ4n) is 3.39. The molecule has 0 N–H and O–H groups in total. The molecule has 0 radical (unpaired) electrons. The number of rotatable bonds is 12. The van der Waals surface area contributed by atoms with Crippen LogP contribution in [0, 0.1) is 17.3 Å². The average Bonchev–Trinajstić information content (AvgIpc) is 2.34. The summed E-state index contributed by atoms with van der Waals surface area (Å²) in [5.74, 6) is 1.50. The summed E-state index contributed by atoms with van der Waals surface area (Å²) in [5.41, 5.74) is 0.200. The van der Waals surface area contributed by atoms with Crippen LogP contribution in [0.5, 0.6) is 0 Å². The van der Waals surface area contributed by atoms with Gasteiger partial charge in [-0.1, -0.05) is 53.4 Å². The van der Waals surface area contributed by atoms with Crippen molar-refractivity contribution in [3.05, 3.63) is 0 Å². The highest BCUT2D eigenvalue weighted by molar-refractivity contribution is 4.83. The molecule has 116 valence electrons. The Morgan fingerprint density at radius 2 is 1.53 bits per heavy atom. The normalized spacial score (nSPS) is 14.1. The molecule has 0 spiro atoms. The van der Waals surface area contributed by atoms with Crippen molar-refractivity contribution in [1.29, 1.82) is 0 Å². The third kappa shape index (κ3) is 7.94. The van der Waals surface area contributed by atoms with Crippen molar-refractivity contribution in [3.8, 4) is 0 Å². The number of hydrogen-bond acceptors (Lipinski definition) is 2. The van der Waals surface area contributed by atoms with Crippen LogP contribution in [0.1, 0.15) is 66.2 Å². The molecule has 0 aliphatic carbocycles. The lowest BCUT2D eigenvalue weighted by Crippen LogP contribution is -2.35. The van der Waals surface area contributed by atoms with Crippen LogP contribution in [0.15, 0.2) is 0 Å². The first-order valence-electron chi connectivity index (χ1n) is 8.01. The molecule has 19 heavy (non-hydrogen) atoms. The van der Waals surface area contributed by atoms with Gasteiger partial charge in [-0.3, -0.25) is 0 Å². The van der Waals surface area contributed by atoms with E-state index in [1.165, 1.54) is 38.5 Å². The van der Waals surface area contributed by atoms with Gasteiger partial charge >= 0.3 is 0 Å². The summed E-state index contributed by atoms with van der Waals surface area (Å²) in [6.45, 7) is 10.8. The highest BCUT2D eigenvalue weighted by Crippen LogP contribution is 2.37. The van der Waals surface area contributed by atoms with Crippen LogP contribution in [-0.2, 0) is 9.47 Å². The quantitative estimate of drug-likeness (QED) is 0.502. The maximum absolute atomic E-state index is 5.53. The van der Waals surface area contributed by atoms with Gasteiger partial charge in [0.25, 0.3) is 0 Å². The van der Waals surface area contributed by atoms with Crippen molar-refractivity contribution >= 4 is 0 Å². The molecule has 0 aromatic heterocycles. The number of ether oxygens (including phenoxy) is 2. The number of hydrogen-bond donors (Lipinski definition) is 0. The minimum atomic E-state index is 0.200. The molecule has 0 rings (SSSR count). The smallest absolute Gasteiger partial charge is 0.0540 e. The predicted molar refractivity (Wildman–Crippen MR) is 83.6 cm³/mol. The van der Waals surface area contributed by atoms with Crippen LogP contribution in [0.25, 0.3) is 0 Å². The fraction of sp³-hybridized carbons (Fsp3) is 1.00. The summed E-state index contributed by atoms with van der Waals surface area (Å²) < 4.78 is 11.1. The fourth-order valence-corrected chi connectivity index (χ4v) is 3.39. The zero-order chi connectivity index (χ0) is 14.7. The van der Waals surface area contributed by atoms with Crippen LogP contribution in [-0.4, -0.2) is 27.4 Å². The first-order valence-corrected chi connectivity index (χ1v) is 8.01. The molecule has 0 bridgehead atoms. The summed E-state index contributed by atoms with van der Waals surface area (Å²) in [4.78, 5) is 0. The summed E-state index contributed by atoms with van der Waals surface area (Å²) in [7, 11) is 3.63. The van der Waals surface area contributed by atoms with Crippen molar-refractivity contribution < 1.29 is 9.47 Å². The summed E-state index contributed by atoms with van der Waals surface area (Å²) >= 11 is 0. The van der Waals surface area contributed by atoms with Gasteiger partial charge in [-0.25, -0.2) is 0 Å². The minimum Gasteiger partial charge on any atom is -0.384 e. The highest BCUT2D eigenvalue weighted by Gasteiger charge is 2.33. The summed E-state index contributed by atoms with van der Waals surface area (Å²) in [6, 6.07) is 0. The van der Waals surface area contributed by atoms with Crippen molar-refractivity contribution in [1.82, 2.24) is 0 Å². The Balaban J connectivity index is 4.75. The van der Waals surface area contributed by atoms with Gasteiger partial charge in [-0.15, -0.1) is 0 Å². The third-order valence-electron chi connectivity index (χ3n) is 4.01. The second kappa shape index (κ2) is 10.7. The van der Waals surface area contributed by atoms with E-state index in [0.29, 0.717) is 5.92 Å². The first-order chi connectivity index (χ1) is 9.03. The molecule has 0 aliphatic heterocycles. The molecule has 0 amide bonds. The van der Waals surface area contributed by atoms with Crippen molar-refractivity contribution in [2.45, 2.75) is 66.2 Å². The molecular weight excluding hydrogens is 236 g/mol. The standard InChI is InChI=1S/C17H36O2/c1-7-9-10-16(8-2)12-17(13-18-5,14-19-6)11-15(3)4/h15-16H,7-14H2,1-6H3. The second-order valence-corrected chi connectivity index (χ2v) is 6.58. The summed E-state index contributed by atoms with van der Waals surface area (Å²) in [5, 5.41) is 0. The lowest BCUT2D eigenvalue weighted by Gasteiger charge is -2.37. The Kier molecular flexibility index (Phi) is 10.6. The monoisotopic (exact) mass is 272 g/mol. The van der Waals surface area contributed by atoms with Crippen molar-refractivity contribution in [2.75, 3.05) is 27.4 Å². The molecule has 0 heterocycles. The van der Waals surface area contributed by atoms with Gasteiger partial charge in [0.15, 0.2) is 0 Å². The van der Waals surface area contributed by atoms with E-state index < -0.39 is 0 Å². The van der Waals surface area contributed by atoms with Crippen LogP contribution < -0.4 is 0 Å². The van der Waals surface area contributed by atoms with Gasteiger partial charge in [-0.2, -0.15) is 0 Å². The van der Waals surface area contributed by atoms with Crippen LogP contribution >= 0.6 is 0 Å².